The molecule has 8 nitrogen and oxygen atoms in total. The maximum absolute atomic E-state index is 11.5. The van der Waals surface area contributed by atoms with Crippen molar-refractivity contribution in [3.05, 3.63) is 18.5 Å². The average Bonchev–Trinajstić information content (AvgIpc) is 2.91. The third-order valence-corrected chi connectivity index (χ3v) is 1.86. The van der Waals surface area contributed by atoms with E-state index in [2.05, 4.69) is 25.6 Å². The number of anilines is 1. The molecule has 90 valence electrons. The van der Waals surface area contributed by atoms with Crippen molar-refractivity contribution >= 4 is 11.9 Å². The molecule has 0 aliphatic carbocycles. The zero-order valence-corrected chi connectivity index (χ0v) is 9.25. The van der Waals surface area contributed by atoms with Crippen molar-refractivity contribution in [2.45, 2.75) is 13.5 Å². The topological polar surface area (TPSA) is 97.7 Å². The van der Waals surface area contributed by atoms with Gasteiger partial charge in [-0.15, -0.1) is 5.10 Å². The summed E-state index contributed by atoms with van der Waals surface area (Å²) in [6.45, 7) is 2.42. The molecule has 0 radical (unpaired) electrons. The van der Waals surface area contributed by atoms with Gasteiger partial charge in [-0.1, -0.05) is 0 Å². The molecule has 0 aliphatic rings. The van der Waals surface area contributed by atoms with Gasteiger partial charge >= 0.3 is 6.01 Å². The minimum atomic E-state index is -0.243. The number of aromatic nitrogens is 5. The lowest BCUT2D eigenvalue weighted by molar-refractivity contribution is -0.116. The fourth-order valence-corrected chi connectivity index (χ4v) is 1.21. The molecule has 2 aromatic heterocycles. The summed E-state index contributed by atoms with van der Waals surface area (Å²) < 4.78 is 6.56. The molecule has 8 heteroatoms. The summed E-state index contributed by atoms with van der Waals surface area (Å²) in [5.41, 5.74) is 0. The predicted octanol–water partition coefficient (Wildman–Crippen LogP) is 0.0386. The van der Waals surface area contributed by atoms with Crippen LogP contribution in [0.25, 0.3) is 0 Å². The monoisotopic (exact) mass is 236 g/mol. The van der Waals surface area contributed by atoms with E-state index < -0.39 is 0 Å². The fourth-order valence-electron chi connectivity index (χ4n) is 1.21. The third kappa shape index (κ3) is 3.03. The molecule has 2 heterocycles. The van der Waals surface area contributed by atoms with Crippen LogP contribution in [-0.2, 0) is 11.3 Å². The van der Waals surface area contributed by atoms with Crippen LogP contribution in [0.15, 0.2) is 18.5 Å². The van der Waals surface area contributed by atoms with E-state index in [4.69, 9.17) is 4.74 Å². The van der Waals surface area contributed by atoms with Crippen molar-refractivity contribution < 1.29 is 9.53 Å². The van der Waals surface area contributed by atoms with Crippen molar-refractivity contribution in [1.82, 2.24) is 25.0 Å². The van der Waals surface area contributed by atoms with Crippen LogP contribution >= 0.6 is 0 Å². The van der Waals surface area contributed by atoms with Gasteiger partial charge in [0, 0.05) is 12.4 Å². The Labute approximate surface area is 97.0 Å². The number of aromatic amines is 1. The van der Waals surface area contributed by atoms with Crippen LogP contribution in [0.4, 0.5) is 5.95 Å². The van der Waals surface area contributed by atoms with E-state index in [0.29, 0.717) is 6.61 Å². The number of carbonyl (C=O) groups excluding carboxylic acids is 1. The first-order valence-electron chi connectivity index (χ1n) is 5.10. The Balaban J connectivity index is 1.89. The SMILES string of the molecule is CCOc1n[nH]c(NC(=O)Cn2cccn2)n1. The highest BCUT2D eigenvalue weighted by Crippen LogP contribution is 2.05. The van der Waals surface area contributed by atoms with Gasteiger partial charge in [0.2, 0.25) is 11.9 Å². The summed E-state index contributed by atoms with van der Waals surface area (Å²) in [4.78, 5) is 15.5. The van der Waals surface area contributed by atoms with Crippen LogP contribution in [0.1, 0.15) is 6.92 Å². The second kappa shape index (κ2) is 5.10. The first kappa shape index (κ1) is 11.1. The molecule has 2 rings (SSSR count). The van der Waals surface area contributed by atoms with Crippen LogP contribution < -0.4 is 10.1 Å². The van der Waals surface area contributed by atoms with E-state index in [9.17, 15) is 4.79 Å². The highest BCUT2D eigenvalue weighted by molar-refractivity contribution is 5.88. The van der Waals surface area contributed by atoms with Crippen LogP contribution in [-0.4, -0.2) is 37.5 Å². The van der Waals surface area contributed by atoms with E-state index in [1.807, 2.05) is 6.92 Å². The van der Waals surface area contributed by atoms with Gasteiger partial charge in [-0.3, -0.25) is 14.8 Å². The smallest absolute Gasteiger partial charge is 0.337 e. The van der Waals surface area contributed by atoms with Gasteiger partial charge < -0.3 is 4.74 Å². The number of hydrogen-bond donors (Lipinski definition) is 2. The van der Waals surface area contributed by atoms with Crippen molar-refractivity contribution in [3.8, 4) is 6.01 Å². The minimum Gasteiger partial charge on any atom is -0.463 e. The second-order valence-electron chi connectivity index (χ2n) is 3.15. The number of amides is 1. The lowest BCUT2D eigenvalue weighted by Gasteiger charge is -2.00. The highest BCUT2D eigenvalue weighted by Gasteiger charge is 2.08. The van der Waals surface area contributed by atoms with E-state index in [-0.39, 0.29) is 24.4 Å². The zero-order chi connectivity index (χ0) is 12.1. The van der Waals surface area contributed by atoms with E-state index >= 15 is 0 Å². The summed E-state index contributed by atoms with van der Waals surface area (Å²) in [5, 5.41) is 12.8. The van der Waals surface area contributed by atoms with Gasteiger partial charge in [0.15, 0.2) is 0 Å². The molecule has 17 heavy (non-hydrogen) atoms. The van der Waals surface area contributed by atoms with Gasteiger partial charge in [-0.2, -0.15) is 10.1 Å². The number of ether oxygens (including phenoxy) is 1. The number of hydrogen-bond acceptors (Lipinski definition) is 5. The molecule has 1 amide bonds. The maximum Gasteiger partial charge on any atom is 0.337 e. The van der Waals surface area contributed by atoms with Gasteiger partial charge in [0.1, 0.15) is 6.54 Å². The lowest BCUT2D eigenvalue weighted by Crippen LogP contribution is -2.19. The first-order chi connectivity index (χ1) is 8.28. The van der Waals surface area contributed by atoms with E-state index in [1.54, 1.807) is 18.5 Å². The highest BCUT2D eigenvalue weighted by atomic mass is 16.5. The summed E-state index contributed by atoms with van der Waals surface area (Å²) in [6.07, 6.45) is 3.31. The number of carbonyl (C=O) groups is 1. The molecule has 0 unspecified atom stereocenters. The largest absolute Gasteiger partial charge is 0.463 e. The first-order valence-corrected chi connectivity index (χ1v) is 5.10. The Bertz CT molecular complexity index is 477. The Kier molecular flexibility index (Phi) is 3.34. The second-order valence-corrected chi connectivity index (χ2v) is 3.15. The maximum atomic E-state index is 11.5. The average molecular weight is 236 g/mol. The number of rotatable bonds is 5. The summed E-state index contributed by atoms with van der Waals surface area (Å²) in [6, 6.07) is 1.96. The van der Waals surface area contributed by atoms with Crippen molar-refractivity contribution in [2.24, 2.45) is 0 Å². The van der Waals surface area contributed by atoms with Crippen LogP contribution in [0, 0.1) is 0 Å². The Morgan fingerprint density at radius 1 is 1.65 bits per heavy atom. The molecule has 0 atom stereocenters. The molecule has 0 saturated heterocycles. The molecule has 0 spiro atoms. The van der Waals surface area contributed by atoms with Crippen molar-refractivity contribution in [3.63, 3.8) is 0 Å². The Hall–Kier alpha value is -2.38. The van der Waals surface area contributed by atoms with Crippen LogP contribution in [0.5, 0.6) is 6.01 Å². The van der Waals surface area contributed by atoms with Gasteiger partial charge in [-0.25, -0.2) is 5.10 Å². The fraction of sp³-hybridized carbons (Fsp3) is 0.333. The summed E-state index contributed by atoms with van der Waals surface area (Å²) in [5.74, 6) is 0.0125. The van der Waals surface area contributed by atoms with Gasteiger partial charge in [0.05, 0.1) is 6.61 Å². The zero-order valence-electron chi connectivity index (χ0n) is 9.25. The normalized spacial score (nSPS) is 10.2. The molecule has 0 saturated carbocycles. The molecule has 0 fully saturated rings. The molecule has 0 bridgehead atoms. The molecular formula is C9H12N6O2. The summed E-state index contributed by atoms with van der Waals surface area (Å²) in [7, 11) is 0. The number of nitrogens with zero attached hydrogens (tertiary/aromatic N) is 4. The van der Waals surface area contributed by atoms with Crippen molar-refractivity contribution in [2.75, 3.05) is 11.9 Å². The van der Waals surface area contributed by atoms with Crippen molar-refractivity contribution in [1.29, 1.82) is 0 Å². The third-order valence-electron chi connectivity index (χ3n) is 1.86. The van der Waals surface area contributed by atoms with E-state index in [0.717, 1.165) is 0 Å². The Morgan fingerprint density at radius 2 is 2.53 bits per heavy atom. The molecular weight excluding hydrogens is 224 g/mol. The molecule has 2 N–H and O–H groups in total. The van der Waals surface area contributed by atoms with Crippen LogP contribution in [0.3, 0.4) is 0 Å². The standard InChI is InChI=1S/C9H12N6O2/c1-2-17-9-12-8(13-14-9)11-7(16)6-15-5-3-4-10-15/h3-5H,2,6H2,1H3,(H2,11,12,13,14,16). The Morgan fingerprint density at radius 3 is 3.24 bits per heavy atom. The summed E-state index contributed by atoms with van der Waals surface area (Å²) >= 11 is 0. The number of H-pyrrole nitrogens is 1. The molecule has 2 aromatic rings. The molecule has 0 aliphatic heterocycles. The lowest BCUT2D eigenvalue weighted by atomic mass is 10.6. The van der Waals surface area contributed by atoms with E-state index in [1.165, 1.54) is 4.68 Å². The number of nitrogens with one attached hydrogen (secondary N) is 2. The van der Waals surface area contributed by atoms with Gasteiger partial charge in [0.25, 0.3) is 0 Å². The van der Waals surface area contributed by atoms with Crippen LogP contribution in [0.2, 0.25) is 0 Å². The quantitative estimate of drug-likeness (QED) is 0.763. The minimum absolute atomic E-state index is 0.123. The molecule has 0 aromatic carbocycles. The predicted molar refractivity (Wildman–Crippen MR) is 58.4 cm³/mol. The van der Waals surface area contributed by atoms with Gasteiger partial charge in [-0.05, 0) is 13.0 Å².